The highest BCUT2D eigenvalue weighted by Gasteiger charge is 2.52. The number of nitrogens with one attached hydrogen (secondary N) is 2. The van der Waals surface area contributed by atoms with Crippen LogP contribution in [-0.4, -0.2) is 61.5 Å². The van der Waals surface area contributed by atoms with Crippen LogP contribution in [0.3, 0.4) is 0 Å². The molecule has 8 nitrogen and oxygen atoms in total. The highest BCUT2D eigenvalue weighted by Crippen LogP contribution is 2.43. The zero-order valence-corrected chi connectivity index (χ0v) is 13.7. The Hall–Kier alpha value is -2.45. The monoisotopic (exact) mass is 344 g/mol. The summed E-state index contributed by atoms with van der Waals surface area (Å²) in [6.45, 7) is 2.51. The van der Waals surface area contributed by atoms with E-state index < -0.39 is 17.4 Å². The van der Waals surface area contributed by atoms with E-state index in [9.17, 15) is 14.4 Å². The van der Waals surface area contributed by atoms with Crippen molar-refractivity contribution in [1.29, 1.82) is 0 Å². The summed E-state index contributed by atoms with van der Waals surface area (Å²) < 4.78 is 5.28. The summed E-state index contributed by atoms with van der Waals surface area (Å²) in [4.78, 5) is 38.6. The first-order valence-corrected chi connectivity index (χ1v) is 8.37. The maximum Gasteiger partial charge on any atom is 0.254 e. The molecule has 0 aromatic heterocycles. The predicted octanol–water partition coefficient (Wildman–Crippen LogP) is -0.804. The molecule has 3 heterocycles. The summed E-state index contributed by atoms with van der Waals surface area (Å²) in [6, 6.07) is 4.71. The number of primary amides is 1. The standard InChI is InChI=1S/C17H20N4O4/c18-14(22)13-8-17(9-19-13)11-7-10(1-2-12(11)20-16(17)24)15(23)21-3-5-25-6-4-21/h1-2,7,13,19H,3-6,8-9H2,(H2,18,22)(H,20,24). The van der Waals surface area contributed by atoms with Gasteiger partial charge in [0.25, 0.3) is 5.91 Å². The second-order valence-electron chi connectivity index (χ2n) is 6.74. The zero-order valence-electron chi connectivity index (χ0n) is 13.7. The lowest BCUT2D eigenvalue weighted by atomic mass is 9.79. The Labute approximate surface area is 144 Å². The summed E-state index contributed by atoms with van der Waals surface area (Å²) in [5.41, 5.74) is 6.52. The van der Waals surface area contributed by atoms with E-state index in [1.165, 1.54) is 0 Å². The van der Waals surface area contributed by atoms with Gasteiger partial charge in [0, 0.05) is 30.9 Å². The predicted molar refractivity (Wildman–Crippen MR) is 89.1 cm³/mol. The maximum atomic E-state index is 12.7. The van der Waals surface area contributed by atoms with Gasteiger partial charge in [0.15, 0.2) is 0 Å². The molecular weight excluding hydrogens is 324 g/mol. The third kappa shape index (κ3) is 2.49. The Morgan fingerprint density at radius 1 is 1.28 bits per heavy atom. The molecule has 8 heteroatoms. The normalized spacial score (nSPS) is 28.1. The fourth-order valence-electron chi connectivity index (χ4n) is 3.87. The second-order valence-corrected chi connectivity index (χ2v) is 6.74. The number of benzene rings is 1. The highest BCUT2D eigenvalue weighted by molar-refractivity contribution is 6.08. The van der Waals surface area contributed by atoms with E-state index in [0.29, 0.717) is 50.5 Å². The van der Waals surface area contributed by atoms with E-state index in [0.717, 1.165) is 5.56 Å². The summed E-state index contributed by atoms with van der Waals surface area (Å²) in [7, 11) is 0. The molecule has 3 amide bonds. The molecule has 132 valence electrons. The molecule has 0 radical (unpaired) electrons. The lowest BCUT2D eigenvalue weighted by molar-refractivity contribution is -0.120. The first kappa shape index (κ1) is 16.0. The van der Waals surface area contributed by atoms with Crippen molar-refractivity contribution < 1.29 is 19.1 Å². The molecule has 1 spiro atoms. The van der Waals surface area contributed by atoms with Crippen molar-refractivity contribution in [3.05, 3.63) is 29.3 Å². The van der Waals surface area contributed by atoms with Crippen LogP contribution in [0, 0.1) is 0 Å². The van der Waals surface area contributed by atoms with Gasteiger partial charge in [-0.3, -0.25) is 14.4 Å². The number of rotatable bonds is 2. The van der Waals surface area contributed by atoms with Crippen LogP contribution in [0.4, 0.5) is 5.69 Å². The number of fused-ring (bicyclic) bond motifs is 2. The Bertz CT molecular complexity index is 759. The van der Waals surface area contributed by atoms with Crippen molar-refractivity contribution in [2.45, 2.75) is 17.9 Å². The summed E-state index contributed by atoms with van der Waals surface area (Å²) in [5, 5.41) is 5.88. The summed E-state index contributed by atoms with van der Waals surface area (Å²) >= 11 is 0. The average Bonchev–Trinajstić information content (AvgIpc) is 3.19. The number of nitrogens with two attached hydrogens (primary N) is 1. The summed E-state index contributed by atoms with van der Waals surface area (Å²) in [5.74, 6) is -0.702. The Morgan fingerprint density at radius 2 is 2.04 bits per heavy atom. The number of amides is 3. The summed E-state index contributed by atoms with van der Waals surface area (Å²) in [6.07, 6.45) is 0.302. The van der Waals surface area contributed by atoms with Crippen molar-refractivity contribution in [1.82, 2.24) is 10.2 Å². The zero-order chi connectivity index (χ0) is 17.6. The first-order valence-electron chi connectivity index (χ1n) is 8.37. The smallest absolute Gasteiger partial charge is 0.254 e. The van der Waals surface area contributed by atoms with Crippen molar-refractivity contribution >= 4 is 23.4 Å². The number of hydrogen-bond donors (Lipinski definition) is 3. The van der Waals surface area contributed by atoms with Crippen molar-refractivity contribution in [2.24, 2.45) is 5.73 Å². The molecule has 0 saturated carbocycles. The molecule has 25 heavy (non-hydrogen) atoms. The van der Waals surface area contributed by atoms with E-state index in [-0.39, 0.29) is 11.8 Å². The minimum absolute atomic E-state index is 0.0713. The van der Waals surface area contributed by atoms with E-state index in [1.54, 1.807) is 23.1 Å². The third-order valence-corrected chi connectivity index (χ3v) is 5.31. The van der Waals surface area contributed by atoms with Gasteiger partial charge in [0.2, 0.25) is 11.8 Å². The molecule has 2 fully saturated rings. The van der Waals surface area contributed by atoms with Crippen LogP contribution >= 0.6 is 0 Å². The van der Waals surface area contributed by atoms with Crippen LogP contribution in [-0.2, 0) is 19.7 Å². The fraction of sp³-hybridized carbons (Fsp3) is 0.471. The number of nitrogens with zero attached hydrogens (tertiary/aromatic N) is 1. The van der Waals surface area contributed by atoms with Gasteiger partial charge in [0.05, 0.1) is 24.7 Å². The van der Waals surface area contributed by atoms with Crippen LogP contribution in [0.15, 0.2) is 18.2 Å². The van der Waals surface area contributed by atoms with Crippen LogP contribution in [0.1, 0.15) is 22.3 Å². The van der Waals surface area contributed by atoms with Gasteiger partial charge >= 0.3 is 0 Å². The third-order valence-electron chi connectivity index (χ3n) is 5.31. The van der Waals surface area contributed by atoms with Gasteiger partial charge in [-0.05, 0) is 30.2 Å². The number of hydrogen-bond acceptors (Lipinski definition) is 5. The molecule has 0 aliphatic carbocycles. The van der Waals surface area contributed by atoms with E-state index in [4.69, 9.17) is 10.5 Å². The lowest BCUT2D eigenvalue weighted by Gasteiger charge is -2.27. The van der Waals surface area contributed by atoms with Crippen LogP contribution in [0.25, 0.3) is 0 Å². The van der Waals surface area contributed by atoms with Gasteiger partial charge in [-0.15, -0.1) is 0 Å². The highest BCUT2D eigenvalue weighted by atomic mass is 16.5. The van der Waals surface area contributed by atoms with E-state index >= 15 is 0 Å². The number of carbonyl (C=O) groups is 3. The van der Waals surface area contributed by atoms with Crippen molar-refractivity contribution in [3.8, 4) is 0 Å². The van der Waals surface area contributed by atoms with Gasteiger partial charge in [-0.2, -0.15) is 0 Å². The van der Waals surface area contributed by atoms with Gasteiger partial charge < -0.3 is 26.0 Å². The minimum Gasteiger partial charge on any atom is -0.378 e. The average molecular weight is 344 g/mol. The van der Waals surface area contributed by atoms with Crippen LogP contribution in [0.2, 0.25) is 0 Å². The van der Waals surface area contributed by atoms with Gasteiger partial charge in [-0.1, -0.05) is 0 Å². The molecule has 1 aromatic rings. The topological polar surface area (TPSA) is 114 Å². The van der Waals surface area contributed by atoms with Crippen LogP contribution < -0.4 is 16.4 Å². The largest absolute Gasteiger partial charge is 0.378 e. The van der Waals surface area contributed by atoms with Crippen molar-refractivity contribution in [3.63, 3.8) is 0 Å². The lowest BCUT2D eigenvalue weighted by Crippen LogP contribution is -2.41. The molecule has 3 aliphatic heterocycles. The number of anilines is 1. The molecule has 2 saturated heterocycles. The molecule has 4 rings (SSSR count). The van der Waals surface area contributed by atoms with Gasteiger partial charge in [0.1, 0.15) is 0 Å². The Kier molecular flexibility index (Phi) is 3.73. The molecule has 2 unspecified atom stereocenters. The molecular formula is C17H20N4O4. The molecule has 3 aliphatic rings. The van der Waals surface area contributed by atoms with Crippen molar-refractivity contribution in [2.75, 3.05) is 38.2 Å². The molecule has 0 bridgehead atoms. The number of carbonyl (C=O) groups excluding carboxylic acids is 3. The maximum absolute atomic E-state index is 12.7. The second kappa shape index (κ2) is 5.82. The number of morpholine rings is 1. The number of ether oxygens (including phenoxy) is 1. The first-order chi connectivity index (χ1) is 12.0. The van der Waals surface area contributed by atoms with Gasteiger partial charge in [-0.25, -0.2) is 0 Å². The van der Waals surface area contributed by atoms with Crippen LogP contribution in [0.5, 0.6) is 0 Å². The molecule has 4 N–H and O–H groups in total. The molecule has 1 aromatic carbocycles. The molecule has 2 atom stereocenters. The van der Waals surface area contributed by atoms with E-state index in [2.05, 4.69) is 10.6 Å². The van der Waals surface area contributed by atoms with E-state index in [1.807, 2.05) is 0 Å². The Morgan fingerprint density at radius 3 is 2.72 bits per heavy atom. The minimum atomic E-state index is -0.851. The quantitative estimate of drug-likeness (QED) is 0.650. The SMILES string of the molecule is NC(=O)C1CC2(CN1)C(=O)Nc1ccc(C(=O)N3CCOCC3)cc12. The fourth-order valence-corrected chi connectivity index (χ4v) is 3.87. The Balaban J connectivity index is 1.67.